The van der Waals surface area contributed by atoms with E-state index in [0.29, 0.717) is 11.1 Å². The number of aryl methyl sites for hydroxylation is 1. The van der Waals surface area contributed by atoms with Crippen molar-refractivity contribution in [2.45, 2.75) is 38.5 Å². The first kappa shape index (κ1) is 19.3. The third-order valence-electron chi connectivity index (χ3n) is 4.98. The standard InChI is InChI=1S/C21H22O5S/c1-4-25-19(23)21(20(24)26-5-2)15-9-7-6-8-14(15)17(22)12-16(21)18-13(3)10-11-27-18/h6-11,16H,4-5,12H2,1-3H3. The van der Waals surface area contributed by atoms with Gasteiger partial charge in [0.1, 0.15) is 0 Å². The van der Waals surface area contributed by atoms with Gasteiger partial charge in [0.25, 0.3) is 0 Å². The van der Waals surface area contributed by atoms with Gasteiger partial charge in [0.15, 0.2) is 11.2 Å². The maximum atomic E-state index is 13.3. The Bertz CT molecular complexity index is 864. The Hall–Kier alpha value is -2.47. The predicted octanol–water partition coefficient (Wildman–Crippen LogP) is 3.79. The highest BCUT2D eigenvalue weighted by molar-refractivity contribution is 7.10. The summed E-state index contributed by atoms with van der Waals surface area (Å²) in [5.41, 5.74) is 0.00161. The molecule has 0 radical (unpaired) electrons. The van der Waals surface area contributed by atoms with Gasteiger partial charge in [-0.1, -0.05) is 24.3 Å². The van der Waals surface area contributed by atoms with Crippen molar-refractivity contribution in [2.75, 3.05) is 13.2 Å². The molecule has 0 bridgehead atoms. The maximum Gasteiger partial charge on any atom is 0.328 e. The Labute approximate surface area is 162 Å². The Balaban J connectivity index is 2.35. The Morgan fingerprint density at radius 2 is 1.74 bits per heavy atom. The minimum atomic E-state index is -1.69. The van der Waals surface area contributed by atoms with Crippen LogP contribution in [0.2, 0.25) is 0 Å². The van der Waals surface area contributed by atoms with Gasteiger partial charge in [0.05, 0.1) is 13.2 Å². The van der Waals surface area contributed by atoms with Gasteiger partial charge in [0, 0.05) is 22.8 Å². The number of hydrogen-bond acceptors (Lipinski definition) is 6. The lowest BCUT2D eigenvalue weighted by atomic mass is 9.61. The zero-order valence-electron chi connectivity index (χ0n) is 15.6. The number of benzene rings is 1. The molecule has 0 saturated heterocycles. The smallest absolute Gasteiger partial charge is 0.328 e. The van der Waals surface area contributed by atoms with E-state index >= 15 is 0 Å². The summed E-state index contributed by atoms with van der Waals surface area (Å²) in [5.74, 6) is -2.08. The van der Waals surface area contributed by atoms with Gasteiger partial charge in [-0.15, -0.1) is 11.3 Å². The highest BCUT2D eigenvalue weighted by atomic mass is 32.1. The fraction of sp³-hybridized carbons (Fsp3) is 0.381. The second-order valence-electron chi connectivity index (χ2n) is 6.44. The number of carbonyl (C=O) groups is 3. The molecule has 1 aromatic heterocycles. The number of thiophene rings is 1. The molecular weight excluding hydrogens is 364 g/mol. The minimum absolute atomic E-state index is 0.0516. The van der Waals surface area contributed by atoms with E-state index in [1.807, 2.05) is 18.4 Å². The van der Waals surface area contributed by atoms with Gasteiger partial charge in [-0.05, 0) is 43.3 Å². The zero-order valence-corrected chi connectivity index (χ0v) is 16.4. The summed E-state index contributed by atoms with van der Waals surface area (Å²) in [6, 6.07) is 8.70. The van der Waals surface area contributed by atoms with E-state index in [2.05, 4.69) is 0 Å². The second kappa shape index (κ2) is 7.64. The van der Waals surface area contributed by atoms with Gasteiger partial charge in [-0.3, -0.25) is 14.4 Å². The van der Waals surface area contributed by atoms with Crippen molar-refractivity contribution < 1.29 is 23.9 Å². The van der Waals surface area contributed by atoms with Crippen LogP contribution in [0.25, 0.3) is 0 Å². The molecule has 6 heteroatoms. The summed E-state index contributed by atoms with van der Waals surface area (Å²) < 4.78 is 10.7. The predicted molar refractivity (Wildman–Crippen MR) is 102 cm³/mol. The van der Waals surface area contributed by atoms with E-state index in [1.54, 1.807) is 38.1 Å². The summed E-state index contributed by atoms with van der Waals surface area (Å²) in [4.78, 5) is 40.3. The molecule has 2 aromatic rings. The average Bonchev–Trinajstić information content (AvgIpc) is 3.08. The van der Waals surface area contributed by atoms with Crippen molar-refractivity contribution in [3.8, 4) is 0 Å². The first-order valence-electron chi connectivity index (χ1n) is 8.99. The molecule has 3 rings (SSSR count). The quantitative estimate of drug-likeness (QED) is 0.578. The van der Waals surface area contributed by atoms with Gasteiger partial charge < -0.3 is 9.47 Å². The number of fused-ring (bicyclic) bond motifs is 1. The topological polar surface area (TPSA) is 69.7 Å². The van der Waals surface area contributed by atoms with Crippen LogP contribution in [0.1, 0.15) is 52.5 Å². The fourth-order valence-corrected chi connectivity index (χ4v) is 4.91. The lowest BCUT2D eigenvalue weighted by molar-refractivity contribution is -0.166. The number of esters is 2. The van der Waals surface area contributed by atoms with Crippen molar-refractivity contribution in [2.24, 2.45) is 0 Å². The van der Waals surface area contributed by atoms with E-state index in [4.69, 9.17) is 9.47 Å². The summed E-state index contributed by atoms with van der Waals surface area (Å²) in [7, 11) is 0. The number of Topliss-reactive ketones (excluding diaryl/α,β-unsaturated/α-hetero) is 1. The van der Waals surface area contributed by atoms with Crippen LogP contribution in [0, 0.1) is 6.92 Å². The molecule has 0 saturated carbocycles. The van der Waals surface area contributed by atoms with E-state index in [-0.39, 0.29) is 25.4 Å². The van der Waals surface area contributed by atoms with Crippen LogP contribution >= 0.6 is 11.3 Å². The number of hydrogen-bond donors (Lipinski definition) is 0. The van der Waals surface area contributed by atoms with Gasteiger partial charge >= 0.3 is 11.9 Å². The molecule has 1 aliphatic carbocycles. The van der Waals surface area contributed by atoms with Crippen LogP contribution < -0.4 is 0 Å². The largest absolute Gasteiger partial charge is 0.465 e. The summed E-state index contributed by atoms with van der Waals surface area (Å²) in [6.07, 6.45) is 0.0516. The van der Waals surface area contributed by atoms with Crippen molar-refractivity contribution in [3.05, 3.63) is 57.3 Å². The first-order valence-corrected chi connectivity index (χ1v) is 9.87. The summed E-state index contributed by atoms with van der Waals surface area (Å²) >= 11 is 1.44. The van der Waals surface area contributed by atoms with Crippen molar-refractivity contribution in [1.29, 1.82) is 0 Å². The second-order valence-corrected chi connectivity index (χ2v) is 7.39. The third-order valence-corrected chi connectivity index (χ3v) is 6.11. The molecule has 0 N–H and O–H groups in total. The molecule has 1 aromatic carbocycles. The lowest BCUT2D eigenvalue weighted by Crippen LogP contribution is -2.54. The average molecular weight is 386 g/mol. The normalized spacial score (nSPS) is 17.9. The molecule has 0 fully saturated rings. The van der Waals surface area contributed by atoms with E-state index in [9.17, 15) is 14.4 Å². The molecule has 1 atom stereocenters. The number of ketones is 1. The molecule has 1 heterocycles. The third kappa shape index (κ3) is 2.98. The molecule has 1 aliphatic rings. The number of carbonyl (C=O) groups excluding carboxylic acids is 3. The van der Waals surface area contributed by atoms with Gasteiger partial charge in [0.2, 0.25) is 0 Å². The first-order chi connectivity index (χ1) is 13.0. The highest BCUT2D eigenvalue weighted by Crippen LogP contribution is 2.50. The molecule has 0 amide bonds. The monoisotopic (exact) mass is 386 g/mol. The maximum absolute atomic E-state index is 13.3. The van der Waals surface area contributed by atoms with Crippen LogP contribution in [0.15, 0.2) is 35.7 Å². The van der Waals surface area contributed by atoms with Crippen molar-refractivity contribution >= 4 is 29.1 Å². The fourth-order valence-electron chi connectivity index (χ4n) is 3.81. The van der Waals surface area contributed by atoms with E-state index in [1.165, 1.54) is 11.3 Å². The van der Waals surface area contributed by atoms with E-state index in [0.717, 1.165) is 10.4 Å². The van der Waals surface area contributed by atoms with Crippen LogP contribution in [-0.2, 0) is 24.5 Å². The van der Waals surface area contributed by atoms with Crippen molar-refractivity contribution in [1.82, 2.24) is 0 Å². The molecule has 0 aliphatic heterocycles. The number of rotatable bonds is 5. The van der Waals surface area contributed by atoms with Crippen LogP contribution in [-0.4, -0.2) is 30.9 Å². The molecule has 5 nitrogen and oxygen atoms in total. The van der Waals surface area contributed by atoms with Crippen molar-refractivity contribution in [3.63, 3.8) is 0 Å². The van der Waals surface area contributed by atoms with Crippen LogP contribution in [0.4, 0.5) is 0 Å². The lowest BCUT2D eigenvalue weighted by Gasteiger charge is -2.40. The van der Waals surface area contributed by atoms with E-state index < -0.39 is 23.3 Å². The van der Waals surface area contributed by atoms with Gasteiger partial charge in [-0.2, -0.15) is 0 Å². The molecule has 0 spiro atoms. The molecule has 142 valence electrons. The molecule has 1 unspecified atom stereocenters. The molecule has 27 heavy (non-hydrogen) atoms. The Kier molecular flexibility index (Phi) is 5.46. The highest BCUT2D eigenvalue weighted by Gasteiger charge is 2.61. The Morgan fingerprint density at radius 3 is 2.30 bits per heavy atom. The number of ether oxygens (including phenoxy) is 2. The summed E-state index contributed by atoms with van der Waals surface area (Å²) in [6.45, 7) is 5.57. The minimum Gasteiger partial charge on any atom is -0.465 e. The van der Waals surface area contributed by atoms with Crippen LogP contribution in [0.3, 0.4) is 0 Å². The van der Waals surface area contributed by atoms with Gasteiger partial charge in [-0.25, -0.2) is 0 Å². The Morgan fingerprint density at radius 1 is 1.11 bits per heavy atom. The summed E-state index contributed by atoms with van der Waals surface area (Å²) in [5, 5.41) is 1.90. The van der Waals surface area contributed by atoms with Crippen LogP contribution in [0.5, 0.6) is 0 Å². The zero-order chi connectivity index (χ0) is 19.6. The molecular formula is C21H22O5S. The SMILES string of the molecule is CCOC(=O)C1(C(=O)OCC)c2ccccc2C(=O)CC1c1sccc1C.